The molecule has 0 bridgehead atoms. The summed E-state index contributed by atoms with van der Waals surface area (Å²) < 4.78 is 10.8. The minimum Gasteiger partial charge on any atom is -0.509 e. The summed E-state index contributed by atoms with van der Waals surface area (Å²) in [4.78, 5) is 4.87. The summed E-state index contributed by atoms with van der Waals surface area (Å²) in [6.45, 7) is 15.6. The van der Waals surface area contributed by atoms with E-state index in [9.17, 15) is 0 Å². The predicted octanol–water partition coefficient (Wildman–Crippen LogP) is 11.4. The molecular formula is C44H44N4OPt. The molecule has 7 rings (SSSR count). The van der Waals surface area contributed by atoms with E-state index in [1.807, 2.05) is 35.1 Å². The molecule has 50 heavy (non-hydrogen) atoms. The van der Waals surface area contributed by atoms with E-state index < -0.39 is 0 Å². The molecule has 256 valence electrons. The predicted molar refractivity (Wildman–Crippen MR) is 201 cm³/mol. The molecule has 0 saturated heterocycles. The van der Waals surface area contributed by atoms with Gasteiger partial charge in [-0.15, -0.1) is 35.7 Å². The molecule has 0 saturated carbocycles. The average molecular weight is 840 g/mol. The van der Waals surface area contributed by atoms with Gasteiger partial charge in [0.25, 0.3) is 0 Å². The summed E-state index contributed by atoms with van der Waals surface area (Å²) in [6.07, 6.45) is 4.68. The van der Waals surface area contributed by atoms with Crippen LogP contribution in [0.4, 0.5) is 0 Å². The number of aromatic nitrogens is 4. The second-order valence-electron chi connectivity index (χ2n) is 13.9. The Morgan fingerprint density at radius 3 is 2.30 bits per heavy atom. The molecule has 0 radical (unpaired) electrons. The van der Waals surface area contributed by atoms with E-state index in [0.717, 1.165) is 58.6 Å². The van der Waals surface area contributed by atoms with Crippen molar-refractivity contribution in [1.82, 2.24) is 19.3 Å². The van der Waals surface area contributed by atoms with Crippen LogP contribution in [0, 0.1) is 12.1 Å². The molecule has 1 atom stereocenters. The van der Waals surface area contributed by atoms with Crippen LogP contribution >= 0.6 is 0 Å². The fourth-order valence-corrected chi connectivity index (χ4v) is 6.74. The van der Waals surface area contributed by atoms with Crippen molar-refractivity contribution >= 4 is 21.8 Å². The fraction of sp³-hybridized carbons (Fsp3) is 0.273. The van der Waals surface area contributed by atoms with Crippen LogP contribution in [0.3, 0.4) is 0 Å². The topological polar surface area (TPSA) is 44.9 Å². The van der Waals surface area contributed by atoms with Crippen LogP contribution in [-0.4, -0.2) is 19.3 Å². The first-order chi connectivity index (χ1) is 23.7. The van der Waals surface area contributed by atoms with Crippen LogP contribution in [0.1, 0.15) is 83.3 Å². The van der Waals surface area contributed by atoms with E-state index in [-0.39, 0.29) is 26.5 Å². The van der Waals surface area contributed by atoms with E-state index >= 15 is 0 Å². The van der Waals surface area contributed by atoms with Crippen molar-refractivity contribution in [3.8, 4) is 34.1 Å². The van der Waals surface area contributed by atoms with Gasteiger partial charge in [0, 0.05) is 34.5 Å². The molecule has 5 nitrogen and oxygen atoms in total. The van der Waals surface area contributed by atoms with Gasteiger partial charge in [-0.2, -0.15) is 17.2 Å². The number of fused-ring (bicyclic) bond motifs is 3. The SMILES string of the molecule is CCc1nn(-c2[c-]c(Oc3[c-]c4c(cc3)c3cc(C(C)CC)ccc3n4-c3cc(C(C)(C)C)ccn3)ccc2)c(CC)c1-c1ccccc1.[Pt+2]. The summed E-state index contributed by atoms with van der Waals surface area (Å²) >= 11 is 0. The number of ether oxygens (including phenoxy) is 1. The van der Waals surface area contributed by atoms with E-state index in [4.69, 9.17) is 14.8 Å². The zero-order valence-corrected chi connectivity index (χ0v) is 32.2. The van der Waals surface area contributed by atoms with Crippen LogP contribution in [-0.2, 0) is 39.3 Å². The van der Waals surface area contributed by atoms with E-state index in [0.29, 0.717) is 17.4 Å². The quantitative estimate of drug-likeness (QED) is 0.136. The van der Waals surface area contributed by atoms with Crippen LogP contribution < -0.4 is 4.74 Å². The molecule has 3 aromatic heterocycles. The second-order valence-corrected chi connectivity index (χ2v) is 13.9. The summed E-state index contributed by atoms with van der Waals surface area (Å²) in [5.41, 5.74) is 10.1. The van der Waals surface area contributed by atoms with Gasteiger partial charge in [0.2, 0.25) is 0 Å². The Morgan fingerprint density at radius 1 is 0.800 bits per heavy atom. The molecule has 0 fully saturated rings. The van der Waals surface area contributed by atoms with Crippen LogP contribution in [0.25, 0.3) is 44.4 Å². The monoisotopic (exact) mass is 839 g/mol. The van der Waals surface area contributed by atoms with Crippen molar-refractivity contribution in [3.63, 3.8) is 0 Å². The van der Waals surface area contributed by atoms with E-state index in [1.54, 1.807) is 0 Å². The largest absolute Gasteiger partial charge is 2.00 e. The Balaban J connectivity index is 0.00000432. The minimum absolute atomic E-state index is 0. The molecule has 3 heterocycles. The molecular weight excluding hydrogens is 796 g/mol. The fourth-order valence-electron chi connectivity index (χ4n) is 6.74. The standard InChI is InChI=1S/C44H44N4O.Pt/c1-8-29(4)31-19-22-40-37(25-31)36-21-20-35(28-41(36)47(40)42-26-32(23-24-45-42)44(5,6)7)49-34-18-14-17-33(27-34)48-39(10-3)43(38(9-2)46-48)30-15-12-11-13-16-30;/h11-26,29H,8-10H2,1-7H3;/q-2;+2. The molecule has 0 aliphatic rings. The maximum Gasteiger partial charge on any atom is 2.00 e. The summed E-state index contributed by atoms with van der Waals surface area (Å²) in [6, 6.07) is 39.0. The molecule has 0 aliphatic heterocycles. The number of hydrogen-bond donors (Lipinski definition) is 0. The van der Waals surface area contributed by atoms with Crippen molar-refractivity contribution in [2.75, 3.05) is 0 Å². The Hall–Kier alpha value is -4.47. The molecule has 1 unspecified atom stereocenters. The molecule has 6 heteroatoms. The summed E-state index contributed by atoms with van der Waals surface area (Å²) in [7, 11) is 0. The van der Waals surface area contributed by atoms with Gasteiger partial charge in [-0.05, 0) is 76.6 Å². The van der Waals surface area contributed by atoms with Crippen LogP contribution in [0.2, 0.25) is 0 Å². The molecule has 0 amide bonds. The Morgan fingerprint density at radius 2 is 1.58 bits per heavy atom. The number of benzene rings is 4. The first kappa shape index (κ1) is 35.4. The van der Waals surface area contributed by atoms with Crippen molar-refractivity contribution < 1.29 is 25.8 Å². The van der Waals surface area contributed by atoms with Gasteiger partial charge in [0.1, 0.15) is 5.82 Å². The normalized spacial score (nSPS) is 12.3. The van der Waals surface area contributed by atoms with Gasteiger partial charge in [0.15, 0.2) is 0 Å². The van der Waals surface area contributed by atoms with Crippen molar-refractivity contribution in [2.45, 2.75) is 79.1 Å². The third-order valence-corrected chi connectivity index (χ3v) is 9.68. The van der Waals surface area contributed by atoms with Gasteiger partial charge in [0.05, 0.1) is 5.69 Å². The number of pyridine rings is 1. The maximum atomic E-state index is 6.53. The number of hydrogen-bond acceptors (Lipinski definition) is 3. The zero-order chi connectivity index (χ0) is 34.3. The molecule has 0 N–H and O–H groups in total. The van der Waals surface area contributed by atoms with Gasteiger partial charge >= 0.3 is 21.1 Å². The van der Waals surface area contributed by atoms with Crippen molar-refractivity contribution in [3.05, 3.63) is 132 Å². The Bertz CT molecular complexity index is 2280. The van der Waals surface area contributed by atoms with Gasteiger partial charge in [-0.1, -0.05) is 96.4 Å². The molecule has 7 aromatic rings. The number of aryl methyl sites for hydroxylation is 1. The Labute approximate surface area is 310 Å². The summed E-state index contributed by atoms with van der Waals surface area (Å²) in [5, 5.41) is 7.38. The molecule has 0 spiro atoms. The molecule has 4 aromatic carbocycles. The summed E-state index contributed by atoms with van der Waals surface area (Å²) in [5.74, 6) is 2.58. The third kappa shape index (κ3) is 6.56. The number of nitrogens with zero attached hydrogens (tertiary/aromatic N) is 4. The first-order valence-corrected chi connectivity index (χ1v) is 17.5. The van der Waals surface area contributed by atoms with Gasteiger partial charge in [-0.25, -0.2) is 4.98 Å². The van der Waals surface area contributed by atoms with Crippen LogP contribution in [0.5, 0.6) is 11.5 Å². The maximum absolute atomic E-state index is 6.53. The van der Waals surface area contributed by atoms with E-state index in [1.165, 1.54) is 27.6 Å². The third-order valence-electron chi connectivity index (χ3n) is 9.68. The second kappa shape index (κ2) is 14.4. The van der Waals surface area contributed by atoms with Crippen LogP contribution in [0.15, 0.2) is 97.2 Å². The first-order valence-electron chi connectivity index (χ1n) is 17.5. The Kier molecular flexibility index (Phi) is 10.2. The smallest absolute Gasteiger partial charge is 0.509 e. The number of rotatable bonds is 9. The molecule has 0 aliphatic carbocycles. The zero-order valence-electron chi connectivity index (χ0n) is 29.9. The van der Waals surface area contributed by atoms with Crippen molar-refractivity contribution in [2.24, 2.45) is 0 Å². The van der Waals surface area contributed by atoms with E-state index in [2.05, 4.69) is 132 Å². The average Bonchev–Trinajstić information content (AvgIpc) is 3.66. The van der Waals surface area contributed by atoms with Gasteiger partial charge < -0.3 is 9.30 Å². The van der Waals surface area contributed by atoms with Gasteiger partial charge in [-0.3, -0.25) is 4.68 Å². The van der Waals surface area contributed by atoms with Crippen molar-refractivity contribution in [1.29, 1.82) is 0 Å². The minimum atomic E-state index is -0.00894.